The molecule has 0 saturated carbocycles. The molecule has 0 bridgehead atoms. The number of primary amides is 1. The molecular formula is C19H19N3O2. The van der Waals surface area contributed by atoms with Crippen LogP contribution in [0, 0.1) is 6.92 Å². The summed E-state index contributed by atoms with van der Waals surface area (Å²) in [5.74, 6) is -0.694. The number of carbonyl (C=O) groups excluding carboxylic acids is 2. The Morgan fingerprint density at radius 3 is 2.67 bits per heavy atom. The van der Waals surface area contributed by atoms with Crippen LogP contribution < -0.4 is 11.1 Å². The summed E-state index contributed by atoms with van der Waals surface area (Å²) in [6.45, 7) is 2.36. The summed E-state index contributed by atoms with van der Waals surface area (Å²) < 4.78 is 2.04. The number of amides is 2. The first kappa shape index (κ1) is 15.8. The maximum atomic E-state index is 12.3. The van der Waals surface area contributed by atoms with Crippen molar-refractivity contribution in [1.29, 1.82) is 0 Å². The predicted octanol–water partition coefficient (Wildman–Crippen LogP) is 3.08. The lowest BCUT2D eigenvalue weighted by atomic mass is 10.1. The zero-order valence-electron chi connectivity index (χ0n) is 13.5. The van der Waals surface area contributed by atoms with Crippen LogP contribution >= 0.6 is 0 Å². The van der Waals surface area contributed by atoms with Gasteiger partial charge in [-0.1, -0.05) is 30.3 Å². The number of rotatable bonds is 5. The maximum absolute atomic E-state index is 12.3. The van der Waals surface area contributed by atoms with Crippen LogP contribution in [0.1, 0.15) is 22.3 Å². The predicted molar refractivity (Wildman–Crippen MR) is 94.9 cm³/mol. The Kier molecular flexibility index (Phi) is 4.33. The number of para-hydroxylation sites is 1. The van der Waals surface area contributed by atoms with Crippen molar-refractivity contribution < 1.29 is 9.59 Å². The molecule has 1 heterocycles. The molecule has 0 radical (unpaired) electrons. The highest BCUT2D eigenvalue weighted by Crippen LogP contribution is 2.20. The van der Waals surface area contributed by atoms with Crippen LogP contribution in [0.4, 0.5) is 5.69 Å². The third kappa shape index (κ3) is 3.15. The zero-order chi connectivity index (χ0) is 17.1. The van der Waals surface area contributed by atoms with Crippen LogP contribution in [0.2, 0.25) is 0 Å². The molecule has 0 atom stereocenters. The second-order valence-corrected chi connectivity index (χ2v) is 5.73. The van der Waals surface area contributed by atoms with Crippen molar-refractivity contribution in [3.05, 3.63) is 65.9 Å². The summed E-state index contributed by atoms with van der Waals surface area (Å²) in [6.07, 6.45) is 2.28. The van der Waals surface area contributed by atoms with Crippen molar-refractivity contribution >= 4 is 28.4 Å². The Balaban J connectivity index is 1.71. The van der Waals surface area contributed by atoms with E-state index in [-0.39, 0.29) is 5.91 Å². The van der Waals surface area contributed by atoms with Gasteiger partial charge in [0.1, 0.15) is 0 Å². The number of hydrogen-bond acceptors (Lipinski definition) is 2. The molecule has 5 nitrogen and oxygen atoms in total. The number of anilines is 1. The Hall–Kier alpha value is -3.08. The van der Waals surface area contributed by atoms with Crippen LogP contribution in [0.3, 0.4) is 0 Å². The number of aryl methyl sites for hydroxylation is 2. The van der Waals surface area contributed by atoms with E-state index in [0.717, 1.165) is 16.5 Å². The molecule has 122 valence electrons. The summed E-state index contributed by atoms with van der Waals surface area (Å²) >= 11 is 0. The van der Waals surface area contributed by atoms with Gasteiger partial charge in [0.15, 0.2) is 0 Å². The van der Waals surface area contributed by atoms with E-state index in [9.17, 15) is 9.59 Å². The van der Waals surface area contributed by atoms with E-state index < -0.39 is 5.91 Å². The van der Waals surface area contributed by atoms with E-state index in [1.807, 2.05) is 41.1 Å². The first-order valence-corrected chi connectivity index (χ1v) is 7.79. The van der Waals surface area contributed by atoms with Crippen molar-refractivity contribution in [1.82, 2.24) is 4.57 Å². The van der Waals surface area contributed by atoms with Gasteiger partial charge in [-0.25, -0.2) is 0 Å². The van der Waals surface area contributed by atoms with Crippen LogP contribution in [-0.4, -0.2) is 16.4 Å². The third-order valence-corrected chi connectivity index (χ3v) is 4.05. The summed E-state index contributed by atoms with van der Waals surface area (Å²) in [4.78, 5) is 23.8. The van der Waals surface area contributed by atoms with Crippen molar-refractivity contribution in [3.63, 3.8) is 0 Å². The van der Waals surface area contributed by atoms with Crippen LogP contribution in [-0.2, 0) is 11.3 Å². The van der Waals surface area contributed by atoms with Gasteiger partial charge in [0.2, 0.25) is 5.91 Å². The summed E-state index contributed by atoms with van der Waals surface area (Å²) in [5, 5.41) is 3.94. The minimum absolute atomic E-state index is 0.152. The van der Waals surface area contributed by atoms with Crippen molar-refractivity contribution in [2.45, 2.75) is 19.9 Å². The fourth-order valence-electron chi connectivity index (χ4n) is 2.87. The van der Waals surface area contributed by atoms with E-state index in [0.29, 0.717) is 24.2 Å². The minimum Gasteiger partial charge on any atom is -0.366 e. The fraction of sp³-hybridized carbons (Fsp3) is 0.158. The first-order valence-electron chi connectivity index (χ1n) is 7.79. The number of aromatic nitrogens is 1. The van der Waals surface area contributed by atoms with E-state index >= 15 is 0 Å². The molecule has 3 rings (SSSR count). The van der Waals surface area contributed by atoms with Crippen LogP contribution in [0.5, 0.6) is 0 Å². The molecule has 0 spiro atoms. The Morgan fingerprint density at radius 2 is 1.88 bits per heavy atom. The molecule has 24 heavy (non-hydrogen) atoms. The molecule has 0 aliphatic rings. The number of benzene rings is 2. The molecule has 3 N–H and O–H groups in total. The molecule has 2 aromatic carbocycles. The molecule has 0 unspecified atom stereocenters. The van der Waals surface area contributed by atoms with Gasteiger partial charge in [0, 0.05) is 24.7 Å². The quantitative estimate of drug-likeness (QED) is 0.757. The molecule has 0 aliphatic carbocycles. The van der Waals surface area contributed by atoms with Gasteiger partial charge in [0.25, 0.3) is 5.91 Å². The van der Waals surface area contributed by atoms with Gasteiger partial charge >= 0.3 is 0 Å². The number of fused-ring (bicyclic) bond motifs is 1. The van der Waals surface area contributed by atoms with E-state index in [1.165, 1.54) is 0 Å². The highest BCUT2D eigenvalue weighted by Gasteiger charge is 2.13. The maximum Gasteiger partial charge on any atom is 0.251 e. The normalized spacial score (nSPS) is 10.7. The summed E-state index contributed by atoms with van der Waals surface area (Å²) in [6, 6.07) is 15.3. The molecule has 0 saturated heterocycles. The minimum atomic E-state index is -0.542. The molecule has 0 aliphatic heterocycles. The Labute approximate surface area is 140 Å². The summed E-state index contributed by atoms with van der Waals surface area (Å²) in [5.41, 5.74) is 8.07. The van der Waals surface area contributed by atoms with Crippen molar-refractivity contribution in [2.75, 3.05) is 5.32 Å². The Bertz CT molecular complexity index is 912. The van der Waals surface area contributed by atoms with E-state index in [4.69, 9.17) is 5.73 Å². The van der Waals surface area contributed by atoms with Gasteiger partial charge < -0.3 is 15.6 Å². The van der Waals surface area contributed by atoms with Gasteiger partial charge in [-0.05, 0) is 36.1 Å². The molecular weight excluding hydrogens is 302 g/mol. The lowest BCUT2D eigenvalue weighted by molar-refractivity contribution is -0.116. The van der Waals surface area contributed by atoms with Gasteiger partial charge in [-0.2, -0.15) is 0 Å². The molecule has 2 amide bonds. The number of hydrogen-bond donors (Lipinski definition) is 2. The number of nitrogens with zero attached hydrogens (tertiary/aromatic N) is 1. The highest BCUT2D eigenvalue weighted by atomic mass is 16.2. The monoisotopic (exact) mass is 321 g/mol. The Morgan fingerprint density at radius 1 is 1.08 bits per heavy atom. The second-order valence-electron chi connectivity index (χ2n) is 5.73. The van der Waals surface area contributed by atoms with E-state index in [2.05, 4.69) is 5.32 Å². The molecule has 5 heteroatoms. The standard InChI is InChI=1S/C19H19N3O2/c1-13-5-4-7-15(18(13)19(20)24)21-17(23)10-12-22-11-9-14-6-2-3-8-16(14)22/h2-9,11H,10,12H2,1H3,(H2,20,24)(H,21,23). The first-order chi connectivity index (χ1) is 11.6. The highest BCUT2D eigenvalue weighted by molar-refractivity contribution is 6.04. The third-order valence-electron chi connectivity index (χ3n) is 4.05. The topological polar surface area (TPSA) is 77.1 Å². The SMILES string of the molecule is Cc1cccc(NC(=O)CCn2ccc3ccccc32)c1C(N)=O. The number of nitrogens with two attached hydrogens (primary N) is 1. The van der Waals surface area contributed by atoms with Crippen molar-refractivity contribution in [3.8, 4) is 0 Å². The average molecular weight is 321 g/mol. The van der Waals surface area contributed by atoms with Crippen LogP contribution in [0.15, 0.2) is 54.7 Å². The molecule has 1 aromatic heterocycles. The molecule has 0 fully saturated rings. The van der Waals surface area contributed by atoms with Gasteiger partial charge in [0.05, 0.1) is 11.3 Å². The summed E-state index contributed by atoms with van der Waals surface area (Å²) in [7, 11) is 0. The average Bonchev–Trinajstić information content (AvgIpc) is 2.96. The molecule has 3 aromatic rings. The largest absolute Gasteiger partial charge is 0.366 e. The lowest BCUT2D eigenvalue weighted by Crippen LogP contribution is -2.20. The number of nitrogens with one attached hydrogen (secondary N) is 1. The fourth-order valence-corrected chi connectivity index (χ4v) is 2.87. The van der Waals surface area contributed by atoms with Crippen LogP contribution in [0.25, 0.3) is 10.9 Å². The smallest absolute Gasteiger partial charge is 0.251 e. The van der Waals surface area contributed by atoms with Gasteiger partial charge in [-0.3, -0.25) is 9.59 Å². The van der Waals surface area contributed by atoms with Crippen molar-refractivity contribution in [2.24, 2.45) is 5.73 Å². The lowest BCUT2D eigenvalue weighted by Gasteiger charge is -2.11. The van der Waals surface area contributed by atoms with E-state index in [1.54, 1.807) is 25.1 Å². The number of carbonyl (C=O) groups is 2. The zero-order valence-corrected chi connectivity index (χ0v) is 13.5. The van der Waals surface area contributed by atoms with Gasteiger partial charge in [-0.15, -0.1) is 0 Å². The second kappa shape index (κ2) is 6.58.